The maximum atomic E-state index is 14.7. The van der Waals surface area contributed by atoms with E-state index in [4.69, 9.17) is 40.4 Å². The van der Waals surface area contributed by atoms with Gasteiger partial charge in [0.25, 0.3) is 6.47 Å². The summed E-state index contributed by atoms with van der Waals surface area (Å²) in [4.78, 5) is 33.0. The highest BCUT2D eigenvalue weighted by Gasteiger charge is 2.54. The molecule has 2 aliphatic rings. The Labute approximate surface area is 317 Å². The summed E-state index contributed by atoms with van der Waals surface area (Å²) in [6, 6.07) is 3.81. The molecule has 2 unspecified atom stereocenters. The van der Waals surface area contributed by atoms with Crippen molar-refractivity contribution in [1.29, 1.82) is 0 Å². The number of hydrogen-bond donors (Lipinski definition) is 5. The lowest BCUT2D eigenvalue weighted by molar-refractivity contribution is -0.157. The van der Waals surface area contributed by atoms with Gasteiger partial charge in [-0.3, -0.25) is 14.4 Å². The van der Waals surface area contributed by atoms with Crippen LogP contribution in [0.15, 0.2) is 54.2 Å². The summed E-state index contributed by atoms with van der Waals surface area (Å²) in [6.45, 7) is 12.0. The van der Waals surface area contributed by atoms with Crippen LogP contribution in [0, 0.1) is 17.7 Å². The predicted octanol–water partition coefficient (Wildman–Crippen LogP) is 5.05. The first kappa shape index (κ1) is 46.0. The molecule has 0 aliphatic carbocycles. The summed E-state index contributed by atoms with van der Waals surface area (Å²) in [7, 11) is 1.66. The highest BCUT2D eigenvalue weighted by molar-refractivity contribution is 6.30. The summed E-state index contributed by atoms with van der Waals surface area (Å²) >= 11 is 5.95. The number of aliphatic hydroxyl groups is 3. The van der Waals surface area contributed by atoms with Crippen molar-refractivity contribution in [2.45, 2.75) is 135 Å². The van der Waals surface area contributed by atoms with E-state index in [0.717, 1.165) is 6.42 Å². The number of epoxide rings is 1. The summed E-state index contributed by atoms with van der Waals surface area (Å²) < 4.78 is 37.7. The molecule has 0 radical (unpaired) electrons. The zero-order chi connectivity index (χ0) is 40.1. The van der Waals surface area contributed by atoms with Gasteiger partial charge >= 0.3 is 11.9 Å². The topological polar surface area (TPSA) is 184 Å². The number of cyclic esters (lactones) is 1. The molecule has 14 heteroatoms. The van der Waals surface area contributed by atoms with Crippen molar-refractivity contribution in [3.63, 3.8) is 0 Å². The molecule has 298 valence electrons. The van der Waals surface area contributed by atoms with Crippen LogP contribution in [0.5, 0.6) is 0 Å². The van der Waals surface area contributed by atoms with Crippen molar-refractivity contribution >= 4 is 30.0 Å². The zero-order valence-electron chi connectivity index (χ0n) is 31.8. The van der Waals surface area contributed by atoms with Crippen molar-refractivity contribution in [2.75, 3.05) is 7.11 Å². The molecule has 0 aromatic heterocycles. The van der Waals surface area contributed by atoms with Crippen LogP contribution in [0.2, 0.25) is 5.02 Å². The molecule has 2 aliphatic heterocycles. The minimum atomic E-state index is -1.48. The fourth-order valence-electron chi connectivity index (χ4n) is 6.56. The van der Waals surface area contributed by atoms with E-state index in [-0.39, 0.29) is 61.5 Å². The molecular formula is C39H57ClFNO11. The molecule has 1 fully saturated rings. The number of esters is 2. The summed E-state index contributed by atoms with van der Waals surface area (Å²) in [6.07, 6.45) is 5.56. The van der Waals surface area contributed by atoms with Crippen LogP contribution in [-0.4, -0.2) is 99.8 Å². The normalized spacial score (nSPS) is 30.2. The van der Waals surface area contributed by atoms with Gasteiger partial charge in [-0.2, -0.15) is 0 Å². The van der Waals surface area contributed by atoms with Gasteiger partial charge in [0.15, 0.2) is 0 Å². The molecule has 5 N–H and O–H groups in total. The van der Waals surface area contributed by atoms with Crippen molar-refractivity contribution in [1.82, 2.24) is 5.32 Å². The predicted molar refractivity (Wildman–Crippen MR) is 197 cm³/mol. The minimum absolute atomic E-state index is 0.0355. The second kappa shape index (κ2) is 21.1. The summed E-state index contributed by atoms with van der Waals surface area (Å²) in [5.74, 6) is -2.01. The third kappa shape index (κ3) is 14.2. The Morgan fingerprint density at radius 3 is 2.51 bits per heavy atom. The van der Waals surface area contributed by atoms with Gasteiger partial charge in [0.1, 0.15) is 29.7 Å². The molecule has 1 aromatic rings. The Hall–Kier alpha value is -3.17. The number of allylic oxidation sites excluding steroid dienone is 2. The fourth-order valence-corrected chi connectivity index (χ4v) is 6.71. The van der Waals surface area contributed by atoms with Crippen LogP contribution >= 0.6 is 11.6 Å². The maximum absolute atomic E-state index is 14.7. The van der Waals surface area contributed by atoms with Crippen molar-refractivity contribution < 1.29 is 58.1 Å². The SMILES string of the molecule is CC[C@H](OC)[C@@H](C)[C@H]1O[C@@H]1C(NCc1ccc(Cl)cc1F)C(C)(O)/C=C/C=C(\C)[C@H]1OC(=O)C[C@H](O)CC[C@@](C)(O)[C@@H](OC(C)=O)/C=C/[C@@H]1C.O=CO. The Bertz CT molecular complexity index is 1440. The van der Waals surface area contributed by atoms with Gasteiger partial charge < -0.3 is 44.7 Å². The lowest BCUT2D eigenvalue weighted by Gasteiger charge is -2.32. The monoisotopic (exact) mass is 769 g/mol. The van der Waals surface area contributed by atoms with Crippen molar-refractivity contribution in [3.05, 3.63) is 70.6 Å². The van der Waals surface area contributed by atoms with Crippen molar-refractivity contribution in [2.24, 2.45) is 11.8 Å². The molecule has 1 aromatic carbocycles. The van der Waals surface area contributed by atoms with E-state index < -0.39 is 59.2 Å². The van der Waals surface area contributed by atoms with E-state index >= 15 is 0 Å². The van der Waals surface area contributed by atoms with Crippen LogP contribution in [0.25, 0.3) is 0 Å². The number of nitrogens with one attached hydrogen (secondary N) is 1. The number of methoxy groups -OCH3 is 1. The summed E-state index contributed by atoms with van der Waals surface area (Å²) in [5.41, 5.74) is -1.93. The Kier molecular flexibility index (Phi) is 18.3. The molecule has 2 heterocycles. The number of aliphatic hydroxyl groups excluding tert-OH is 1. The van der Waals surface area contributed by atoms with E-state index in [1.165, 1.54) is 19.9 Å². The van der Waals surface area contributed by atoms with E-state index in [9.17, 15) is 29.3 Å². The second-order valence-electron chi connectivity index (χ2n) is 14.2. The number of ether oxygens (including phenoxy) is 4. The lowest BCUT2D eigenvalue weighted by atomic mass is 9.87. The number of benzene rings is 1. The highest BCUT2D eigenvalue weighted by Crippen LogP contribution is 2.39. The van der Waals surface area contributed by atoms with Crippen LogP contribution in [0.4, 0.5) is 4.39 Å². The molecule has 0 saturated carbocycles. The Morgan fingerprint density at radius 1 is 1.26 bits per heavy atom. The molecule has 11 atom stereocenters. The van der Waals surface area contributed by atoms with E-state index in [2.05, 4.69) is 5.32 Å². The molecule has 1 saturated heterocycles. The van der Waals surface area contributed by atoms with Gasteiger partial charge in [-0.15, -0.1) is 0 Å². The zero-order valence-corrected chi connectivity index (χ0v) is 32.6. The van der Waals surface area contributed by atoms with Gasteiger partial charge in [-0.25, -0.2) is 4.39 Å². The lowest BCUT2D eigenvalue weighted by Crippen LogP contribution is -2.52. The van der Waals surface area contributed by atoms with Crippen LogP contribution in [-0.2, 0) is 39.9 Å². The average Bonchev–Trinajstić information content (AvgIpc) is 3.86. The average molecular weight is 770 g/mol. The summed E-state index contributed by atoms with van der Waals surface area (Å²) in [5, 5.41) is 43.9. The first-order chi connectivity index (χ1) is 24.8. The van der Waals surface area contributed by atoms with E-state index in [0.29, 0.717) is 11.1 Å². The smallest absolute Gasteiger partial charge is 0.309 e. The molecule has 12 nitrogen and oxygen atoms in total. The van der Waals surface area contributed by atoms with Crippen LogP contribution in [0.1, 0.15) is 79.7 Å². The number of rotatable bonds is 13. The third-order valence-electron chi connectivity index (χ3n) is 9.72. The largest absolute Gasteiger partial charge is 0.483 e. The third-order valence-corrected chi connectivity index (χ3v) is 9.95. The van der Waals surface area contributed by atoms with E-state index in [1.54, 1.807) is 63.5 Å². The van der Waals surface area contributed by atoms with Gasteiger partial charge in [0, 0.05) is 43.0 Å². The fraction of sp³-hybridized carbons (Fsp3) is 0.615. The van der Waals surface area contributed by atoms with Crippen molar-refractivity contribution in [3.8, 4) is 0 Å². The second-order valence-corrected chi connectivity index (χ2v) is 14.7. The molecule has 0 spiro atoms. The maximum Gasteiger partial charge on any atom is 0.309 e. The van der Waals surface area contributed by atoms with Crippen LogP contribution < -0.4 is 5.32 Å². The standard InChI is InChI=1S/C38H55ClFNO9.CH2O2/c1-9-30(47-8)24(4)34-35(50-34)36(41-21-26-13-14-27(39)19-29(26)40)38(7,46)17-10-11-22(2)33-23(3)12-15-31(48-25(5)42)37(6,45)18-16-28(43)20-32(44)49-33;2-1-3/h10-15,17,19,23-24,28,30-31,33-36,41,43,45-46H,9,16,18,20-21H2,1-8H3;1H,(H,2,3)/b15-12+,17-10+,22-11+;/t23-,24+,28+,30-,31-,33+,34+,35-,36?,37+,38?;/m0./s1. The number of carboxylic acid groups (broad SMARTS) is 1. The number of hydrogen-bond acceptors (Lipinski definition) is 11. The number of carbonyl (C=O) groups is 3. The van der Waals surface area contributed by atoms with E-state index in [1.807, 2.05) is 20.8 Å². The Morgan fingerprint density at radius 2 is 1.92 bits per heavy atom. The van der Waals surface area contributed by atoms with Gasteiger partial charge in [-0.05, 0) is 63.8 Å². The molecule has 53 heavy (non-hydrogen) atoms. The highest BCUT2D eigenvalue weighted by atomic mass is 35.5. The Balaban J connectivity index is 0.00000313. The minimum Gasteiger partial charge on any atom is -0.483 e. The molecule has 0 amide bonds. The quantitative estimate of drug-likeness (QED) is 0.0593. The molecule has 3 rings (SSSR count). The molecule has 0 bridgehead atoms. The van der Waals surface area contributed by atoms with Gasteiger partial charge in [0.05, 0.1) is 36.4 Å². The van der Waals surface area contributed by atoms with Gasteiger partial charge in [0.2, 0.25) is 0 Å². The molecular weight excluding hydrogens is 713 g/mol. The van der Waals surface area contributed by atoms with Gasteiger partial charge in [-0.1, -0.05) is 62.7 Å². The number of carbonyl (C=O) groups excluding carboxylic acids is 2. The first-order valence-electron chi connectivity index (χ1n) is 17.8. The number of halogens is 2. The first-order valence-corrected chi connectivity index (χ1v) is 18.2. The van der Waals surface area contributed by atoms with Crippen LogP contribution in [0.3, 0.4) is 0 Å².